The first kappa shape index (κ1) is 15.7. The highest BCUT2D eigenvalue weighted by atomic mass is 16.4. The van der Waals surface area contributed by atoms with Gasteiger partial charge in [0, 0.05) is 12.2 Å². The van der Waals surface area contributed by atoms with E-state index in [9.17, 15) is 9.59 Å². The van der Waals surface area contributed by atoms with Gasteiger partial charge in [-0.15, -0.1) is 5.10 Å². The molecule has 0 saturated carbocycles. The summed E-state index contributed by atoms with van der Waals surface area (Å²) in [5, 5.41) is 16.3. The molecule has 0 aliphatic carbocycles. The molecule has 1 N–H and O–H groups in total. The fourth-order valence-corrected chi connectivity index (χ4v) is 2.22. The second-order valence-electron chi connectivity index (χ2n) is 4.96. The van der Waals surface area contributed by atoms with Gasteiger partial charge in [-0.2, -0.15) is 0 Å². The average Bonchev–Trinajstić information content (AvgIpc) is 2.81. The van der Waals surface area contributed by atoms with Gasteiger partial charge in [0.05, 0.1) is 5.69 Å². The fraction of sp³-hybridized carbons (Fsp3) is 0.333. The van der Waals surface area contributed by atoms with Gasteiger partial charge in [0.15, 0.2) is 5.69 Å². The summed E-state index contributed by atoms with van der Waals surface area (Å²) in [6.45, 7) is 5.90. The van der Waals surface area contributed by atoms with Gasteiger partial charge in [-0.3, -0.25) is 4.79 Å². The van der Waals surface area contributed by atoms with Crippen LogP contribution in [-0.4, -0.2) is 38.5 Å². The molecule has 1 aromatic heterocycles. The predicted molar refractivity (Wildman–Crippen MR) is 80.9 cm³/mol. The van der Waals surface area contributed by atoms with Crippen LogP contribution < -0.4 is 4.90 Å². The molecule has 0 fully saturated rings. The molecule has 7 nitrogen and oxygen atoms in total. The minimum atomic E-state index is -1.15. The zero-order chi connectivity index (χ0) is 16.3. The van der Waals surface area contributed by atoms with Crippen LogP contribution in [0.5, 0.6) is 0 Å². The molecule has 1 amide bonds. The molecular weight excluding hydrogens is 284 g/mol. The van der Waals surface area contributed by atoms with Crippen LogP contribution in [0.15, 0.2) is 24.3 Å². The van der Waals surface area contributed by atoms with Crippen LogP contribution in [0.4, 0.5) is 5.69 Å². The SMILES string of the molecule is CCN(C(=O)Cn1nnc(C(=O)O)c1C)c1cccc(C)c1. The molecule has 7 heteroatoms. The third-order valence-electron chi connectivity index (χ3n) is 3.40. The van der Waals surface area contributed by atoms with Crippen LogP contribution in [-0.2, 0) is 11.3 Å². The molecule has 0 unspecified atom stereocenters. The Hall–Kier alpha value is -2.70. The number of anilines is 1. The van der Waals surface area contributed by atoms with Gasteiger partial charge in [0.1, 0.15) is 6.54 Å². The maximum atomic E-state index is 12.5. The van der Waals surface area contributed by atoms with Gasteiger partial charge in [-0.1, -0.05) is 17.3 Å². The number of rotatable bonds is 5. The lowest BCUT2D eigenvalue weighted by Gasteiger charge is -2.21. The molecule has 0 atom stereocenters. The first-order valence-corrected chi connectivity index (χ1v) is 6.94. The summed E-state index contributed by atoms with van der Waals surface area (Å²) < 4.78 is 1.31. The van der Waals surface area contributed by atoms with Gasteiger partial charge in [0.25, 0.3) is 0 Å². The fourth-order valence-electron chi connectivity index (χ4n) is 2.22. The number of aromatic carboxylic acids is 1. The molecule has 2 aromatic rings. The number of hydrogen-bond donors (Lipinski definition) is 1. The summed E-state index contributed by atoms with van der Waals surface area (Å²) in [7, 11) is 0. The lowest BCUT2D eigenvalue weighted by atomic mass is 10.2. The standard InChI is InChI=1S/C15H18N4O3/c1-4-18(12-7-5-6-10(2)8-12)13(20)9-19-11(3)14(15(21)22)16-17-19/h5-8H,4,9H2,1-3H3,(H,21,22). The van der Waals surface area contributed by atoms with Crippen molar-refractivity contribution in [3.8, 4) is 0 Å². The van der Waals surface area contributed by atoms with Crippen LogP contribution in [0, 0.1) is 13.8 Å². The molecule has 0 aliphatic heterocycles. The largest absolute Gasteiger partial charge is 0.476 e. The summed E-state index contributed by atoms with van der Waals surface area (Å²) >= 11 is 0. The van der Waals surface area contributed by atoms with E-state index in [4.69, 9.17) is 5.11 Å². The number of benzene rings is 1. The number of nitrogens with zero attached hydrogens (tertiary/aromatic N) is 4. The van der Waals surface area contributed by atoms with Crippen molar-refractivity contribution in [1.29, 1.82) is 0 Å². The van der Waals surface area contributed by atoms with Crippen molar-refractivity contribution in [1.82, 2.24) is 15.0 Å². The second-order valence-corrected chi connectivity index (χ2v) is 4.96. The smallest absolute Gasteiger partial charge is 0.358 e. The minimum Gasteiger partial charge on any atom is -0.476 e. The number of aromatic nitrogens is 3. The van der Waals surface area contributed by atoms with E-state index in [1.807, 2.05) is 38.1 Å². The number of hydrogen-bond acceptors (Lipinski definition) is 4. The highest BCUT2D eigenvalue weighted by Crippen LogP contribution is 2.16. The molecule has 0 bridgehead atoms. The maximum absolute atomic E-state index is 12.5. The average molecular weight is 302 g/mol. The molecule has 0 spiro atoms. The lowest BCUT2D eigenvalue weighted by Crippen LogP contribution is -2.34. The van der Waals surface area contributed by atoms with Crippen molar-refractivity contribution in [2.24, 2.45) is 0 Å². The highest BCUT2D eigenvalue weighted by Gasteiger charge is 2.20. The topological polar surface area (TPSA) is 88.3 Å². The van der Waals surface area contributed by atoms with Crippen molar-refractivity contribution in [3.63, 3.8) is 0 Å². The van der Waals surface area contributed by atoms with Gasteiger partial charge >= 0.3 is 5.97 Å². The van der Waals surface area contributed by atoms with Crippen LogP contribution >= 0.6 is 0 Å². The Morgan fingerprint density at radius 1 is 1.32 bits per heavy atom. The summed E-state index contributed by atoms with van der Waals surface area (Å²) in [5.74, 6) is -1.32. The van der Waals surface area contributed by atoms with Crippen molar-refractivity contribution in [2.45, 2.75) is 27.3 Å². The number of aryl methyl sites for hydroxylation is 1. The first-order chi connectivity index (χ1) is 10.4. The quantitative estimate of drug-likeness (QED) is 0.907. The molecule has 22 heavy (non-hydrogen) atoms. The van der Waals surface area contributed by atoms with Gasteiger partial charge in [-0.25, -0.2) is 9.48 Å². The predicted octanol–water partition coefficient (Wildman–Crippen LogP) is 1.65. The van der Waals surface area contributed by atoms with Crippen LogP contribution in [0.1, 0.15) is 28.7 Å². The van der Waals surface area contributed by atoms with Gasteiger partial charge in [0.2, 0.25) is 5.91 Å². The number of carboxylic acid groups (broad SMARTS) is 1. The molecule has 116 valence electrons. The molecule has 0 aliphatic rings. The Labute approximate surface area is 128 Å². The minimum absolute atomic E-state index is 0.0477. The van der Waals surface area contributed by atoms with E-state index in [0.717, 1.165) is 11.3 Å². The second kappa shape index (κ2) is 6.38. The van der Waals surface area contributed by atoms with Gasteiger partial charge < -0.3 is 10.0 Å². The number of carbonyl (C=O) groups is 2. The molecule has 0 saturated heterocycles. The lowest BCUT2D eigenvalue weighted by molar-refractivity contribution is -0.119. The Morgan fingerprint density at radius 3 is 2.59 bits per heavy atom. The van der Waals surface area contributed by atoms with E-state index in [1.165, 1.54) is 4.68 Å². The third kappa shape index (κ3) is 3.13. The Kier molecular flexibility index (Phi) is 4.55. The molecule has 1 heterocycles. The van der Waals surface area contributed by atoms with Crippen molar-refractivity contribution in [3.05, 3.63) is 41.2 Å². The third-order valence-corrected chi connectivity index (χ3v) is 3.40. The van der Waals surface area contributed by atoms with Crippen molar-refractivity contribution in [2.75, 3.05) is 11.4 Å². The van der Waals surface area contributed by atoms with E-state index >= 15 is 0 Å². The zero-order valence-electron chi connectivity index (χ0n) is 12.8. The van der Waals surface area contributed by atoms with E-state index in [-0.39, 0.29) is 18.1 Å². The molecular formula is C15H18N4O3. The van der Waals surface area contributed by atoms with E-state index < -0.39 is 5.97 Å². The molecule has 0 radical (unpaired) electrons. The zero-order valence-corrected chi connectivity index (χ0v) is 12.8. The number of carbonyl (C=O) groups excluding carboxylic acids is 1. The van der Waals surface area contributed by atoms with Crippen LogP contribution in [0.3, 0.4) is 0 Å². The molecule has 1 aromatic carbocycles. The summed E-state index contributed by atoms with van der Waals surface area (Å²) in [6, 6.07) is 7.65. The Morgan fingerprint density at radius 2 is 2.05 bits per heavy atom. The van der Waals surface area contributed by atoms with Crippen LogP contribution in [0.25, 0.3) is 0 Å². The van der Waals surface area contributed by atoms with Crippen molar-refractivity contribution < 1.29 is 14.7 Å². The number of amides is 1. The summed E-state index contributed by atoms with van der Waals surface area (Å²) in [4.78, 5) is 25.1. The highest BCUT2D eigenvalue weighted by molar-refractivity contribution is 5.93. The van der Waals surface area contributed by atoms with E-state index in [1.54, 1.807) is 11.8 Å². The van der Waals surface area contributed by atoms with E-state index in [0.29, 0.717) is 12.2 Å². The monoisotopic (exact) mass is 302 g/mol. The van der Waals surface area contributed by atoms with E-state index in [2.05, 4.69) is 10.3 Å². The number of carboxylic acids is 1. The first-order valence-electron chi connectivity index (χ1n) is 6.94. The summed E-state index contributed by atoms with van der Waals surface area (Å²) in [5.41, 5.74) is 2.10. The molecule has 2 rings (SSSR count). The van der Waals surface area contributed by atoms with Gasteiger partial charge in [-0.05, 0) is 38.5 Å². The number of likely N-dealkylation sites (N-methyl/N-ethyl adjacent to an activating group) is 1. The summed E-state index contributed by atoms with van der Waals surface area (Å²) in [6.07, 6.45) is 0. The van der Waals surface area contributed by atoms with Crippen LogP contribution in [0.2, 0.25) is 0 Å². The normalized spacial score (nSPS) is 10.5. The maximum Gasteiger partial charge on any atom is 0.358 e. The Bertz CT molecular complexity index is 709. The Balaban J connectivity index is 2.21. The van der Waals surface area contributed by atoms with Crippen molar-refractivity contribution >= 4 is 17.6 Å².